The Morgan fingerprint density at radius 2 is 1.53 bits per heavy atom. The van der Waals surface area contributed by atoms with E-state index in [1.54, 1.807) is 6.20 Å². The van der Waals surface area contributed by atoms with E-state index in [1.807, 2.05) is 54.6 Å². The summed E-state index contributed by atoms with van der Waals surface area (Å²) in [6.07, 6.45) is 2.91. The first-order chi connectivity index (χ1) is 9.07. The fourth-order valence-corrected chi connectivity index (χ4v) is 3.09. The Balaban J connectivity index is 2.39. The number of para-hydroxylation sites is 1. The van der Waals surface area contributed by atoms with Crippen LogP contribution in [0.5, 0.6) is 0 Å². The minimum absolute atomic E-state index is 0.712. The number of nitrogens with zero attached hydrogens (tertiary/aromatic N) is 1. The molecule has 0 aliphatic carbocycles. The average Bonchev–Trinajstić information content (AvgIpc) is 2.79. The molecule has 4 heteroatoms. The third kappa shape index (κ3) is 2.04. The smallest absolute Gasteiger partial charge is 0.236 e. The van der Waals surface area contributed by atoms with Gasteiger partial charge in [-0.2, -0.15) is 0 Å². The van der Waals surface area contributed by atoms with Gasteiger partial charge in [0.2, 0.25) is 10.0 Å². The van der Waals surface area contributed by atoms with E-state index in [9.17, 15) is 8.42 Å². The molecule has 0 fully saturated rings. The van der Waals surface area contributed by atoms with Gasteiger partial charge in [0.05, 0.1) is 11.8 Å². The molecule has 2 aromatic carbocycles. The zero-order valence-corrected chi connectivity index (χ0v) is 11.3. The van der Waals surface area contributed by atoms with E-state index in [2.05, 4.69) is 0 Å². The molecule has 0 aliphatic heterocycles. The topological polar surface area (TPSA) is 39.1 Å². The van der Waals surface area contributed by atoms with Gasteiger partial charge in [-0.3, -0.25) is 0 Å². The molecule has 0 saturated carbocycles. The van der Waals surface area contributed by atoms with Crippen molar-refractivity contribution in [3.63, 3.8) is 0 Å². The summed E-state index contributed by atoms with van der Waals surface area (Å²) < 4.78 is 25.0. The molecule has 0 radical (unpaired) electrons. The molecule has 1 heterocycles. The largest absolute Gasteiger partial charge is 0.245 e. The zero-order chi connectivity index (χ0) is 13.5. The molecule has 3 aromatic rings. The Hall–Kier alpha value is -2.07. The van der Waals surface area contributed by atoms with Gasteiger partial charge in [0.1, 0.15) is 0 Å². The summed E-state index contributed by atoms with van der Waals surface area (Å²) in [5, 5.41) is 0.944. The average molecular weight is 271 g/mol. The summed E-state index contributed by atoms with van der Waals surface area (Å²) in [5.74, 6) is 0. The van der Waals surface area contributed by atoms with Crippen molar-refractivity contribution in [1.82, 2.24) is 3.97 Å². The molecular weight excluding hydrogens is 258 g/mol. The Kier molecular flexibility index (Phi) is 2.68. The van der Waals surface area contributed by atoms with Crippen molar-refractivity contribution in [3.8, 4) is 11.1 Å². The number of rotatable bonds is 2. The highest BCUT2D eigenvalue weighted by molar-refractivity contribution is 7.89. The molecule has 0 amide bonds. The van der Waals surface area contributed by atoms with E-state index in [0.717, 1.165) is 16.5 Å². The van der Waals surface area contributed by atoms with Crippen molar-refractivity contribution < 1.29 is 8.42 Å². The number of hydrogen-bond donors (Lipinski definition) is 0. The Labute approximate surface area is 112 Å². The van der Waals surface area contributed by atoms with E-state index in [4.69, 9.17) is 0 Å². The highest BCUT2D eigenvalue weighted by Gasteiger charge is 2.14. The lowest BCUT2D eigenvalue weighted by Crippen LogP contribution is -2.07. The van der Waals surface area contributed by atoms with Crippen LogP contribution in [0.25, 0.3) is 22.0 Å². The normalized spacial score (nSPS) is 11.8. The highest BCUT2D eigenvalue weighted by atomic mass is 32.2. The third-order valence-corrected chi connectivity index (χ3v) is 4.14. The fraction of sp³-hybridized carbons (Fsp3) is 0.0667. The number of aromatic nitrogens is 1. The second kappa shape index (κ2) is 4.24. The quantitative estimate of drug-likeness (QED) is 0.718. The maximum Gasteiger partial charge on any atom is 0.236 e. The van der Waals surface area contributed by atoms with E-state index in [-0.39, 0.29) is 0 Å². The molecule has 0 N–H and O–H groups in total. The van der Waals surface area contributed by atoms with Crippen molar-refractivity contribution in [3.05, 3.63) is 60.8 Å². The summed E-state index contributed by atoms with van der Waals surface area (Å²) in [6.45, 7) is 0. The van der Waals surface area contributed by atoms with E-state index in [1.165, 1.54) is 10.2 Å². The first kappa shape index (κ1) is 12.0. The maximum atomic E-state index is 11.9. The molecule has 96 valence electrons. The Bertz CT molecular complexity index is 833. The van der Waals surface area contributed by atoms with Gasteiger partial charge in [0.15, 0.2) is 0 Å². The van der Waals surface area contributed by atoms with Crippen LogP contribution in [-0.2, 0) is 10.0 Å². The molecule has 0 spiro atoms. The second-order valence-corrected chi connectivity index (χ2v) is 6.34. The Morgan fingerprint density at radius 3 is 2.21 bits per heavy atom. The van der Waals surface area contributed by atoms with Crippen LogP contribution in [0.3, 0.4) is 0 Å². The lowest BCUT2D eigenvalue weighted by molar-refractivity contribution is 0.595. The maximum absolute atomic E-state index is 11.9. The van der Waals surface area contributed by atoms with Gasteiger partial charge in [0.25, 0.3) is 0 Å². The summed E-state index contributed by atoms with van der Waals surface area (Å²) in [6, 6.07) is 17.3. The molecular formula is C15H13NO2S. The summed E-state index contributed by atoms with van der Waals surface area (Å²) in [7, 11) is -3.30. The van der Waals surface area contributed by atoms with Gasteiger partial charge in [-0.25, -0.2) is 12.4 Å². The van der Waals surface area contributed by atoms with Gasteiger partial charge < -0.3 is 0 Å². The second-order valence-electron chi connectivity index (χ2n) is 4.48. The molecule has 3 nitrogen and oxygen atoms in total. The van der Waals surface area contributed by atoms with Crippen LogP contribution in [0, 0.1) is 0 Å². The van der Waals surface area contributed by atoms with Gasteiger partial charge >= 0.3 is 0 Å². The summed E-state index contributed by atoms with van der Waals surface area (Å²) >= 11 is 0. The van der Waals surface area contributed by atoms with Crippen LogP contribution in [-0.4, -0.2) is 18.6 Å². The highest BCUT2D eigenvalue weighted by Crippen LogP contribution is 2.31. The molecule has 0 unspecified atom stereocenters. The minimum atomic E-state index is -3.30. The van der Waals surface area contributed by atoms with Gasteiger partial charge in [-0.05, 0) is 11.6 Å². The SMILES string of the molecule is CS(=O)(=O)n1cc(-c2ccccc2)c2ccccc21. The van der Waals surface area contributed by atoms with Gasteiger partial charge in [-0.15, -0.1) is 0 Å². The standard InChI is InChI=1S/C15H13NO2S/c1-19(17,18)16-11-14(12-7-3-2-4-8-12)13-9-5-6-10-15(13)16/h2-11H,1H3. The van der Waals surface area contributed by atoms with Crippen molar-refractivity contribution >= 4 is 20.9 Å². The molecule has 19 heavy (non-hydrogen) atoms. The van der Waals surface area contributed by atoms with Crippen molar-refractivity contribution in [2.24, 2.45) is 0 Å². The van der Waals surface area contributed by atoms with Crippen LogP contribution in [0.2, 0.25) is 0 Å². The van der Waals surface area contributed by atoms with Crippen LogP contribution in [0.15, 0.2) is 60.8 Å². The summed E-state index contributed by atoms with van der Waals surface area (Å²) in [4.78, 5) is 0. The predicted molar refractivity (Wildman–Crippen MR) is 77.6 cm³/mol. The number of fused-ring (bicyclic) bond motifs is 1. The first-order valence-corrected chi connectivity index (χ1v) is 7.78. The number of benzene rings is 2. The molecule has 0 bridgehead atoms. The van der Waals surface area contributed by atoms with Crippen LogP contribution in [0.1, 0.15) is 0 Å². The van der Waals surface area contributed by atoms with E-state index in [0.29, 0.717) is 5.52 Å². The molecule has 3 rings (SSSR count). The molecule has 1 aromatic heterocycles. The monoisotopic (exact) mass is 271 g/mol. The van der Waals surface area contributed by atoms with Gasteiger partial charge in [0, 0.05) is 17.1 Å². The molecule has 0 aliphatic rings. The van der Waals surface area contributed by atoms with Crippen molar-refractivity contribution in [2.45, 2.75) is 0 Å². The Morgan fingerprint density at radius 1 is 0.895 bits per heavy atom. The lowest BCUT2D eigenvalue weighted by atomic mass is 10.1. The van der Waals surface area contributed by atoms with Crippen LogP contribution >= 0.6 is 0 Å². The molecule has 0 saturated heterocycles. The first-order valence-electron chi connectivity index (χ1n) is 5.93. The number of hydrogen-bond acceptors (Lipinski definition) is 2. The van der Waals surface area contributed by atoms with E-state index < -0.39 is 10.0 Å². The van der Waals surface area contributed by atoms with Crippen molar-refractivity contribution in [2.75, 3.05) is 6.26 Å². The third-order valence-electron chi connectivity index (χ3n) is 3.12. The fourth-order valence-electron chi connectivity index (χ4n) is 2.27. The van der Waals surface area contributed by atoms with Crippen LogP contribution < -0.4 is 0 Å². The van der Waals surface area contributed by atoms with Crippen LogP contribution in [0.4, 0.5) is 0 Å². The van der Waals surface area contributed by atoms with E-state index >= 15 is 0 Å². The molecule has 0 atom stereocenters. The lowest BCUT2D eigenvalue weighted by Gasteiger charge is -2.00. The minimum Gasteiger partial charge on any atom is -0.245 e. The van der Waals surface area contributed by atoms with Gasteiger partial charge in [-0.1, -0.05) is 48.5 Å². The zero-order valence-electron chi connectivity index (χ0n) is 10.4. The predicted octanol–water partition coefficient (Wildman–Crippen LogP) is 3.12. The van der Waals surface area contributed by atoms with Crippen molar-refractivity contribution in [1.29, 1.82) is 0 Å². The summed E-state index contributed by atoms with van der Waals surface area (Å²) in [5.41, 5.74) is 2.66.